The van der Waals surface area contributed by atoms with Gasteiger partial charge in [-0.3, -0.25) is 9.59 Å². The van der Waals surface area contributed by atoms with Crippen LogP contribution in [0, 0.1) is 0 Å². The molecule has 7 heteroatoms. The minimum absolute atomic E-state index is 0.00757. The van der Waals surface area contributed by atoms with Crippen molar-refractivity contribution in [3.05, 3.63) is 94.0 Å². The molecule has 0 spiro atoms. The summed E-state index contributed by atoms with van der Waals surface area (Å²) < 4.78 is 0.681. The first-order valence-electron chi connectivity index (χ1n) is 8.25. The summed E-state index contributed by atoms with van der Waals surface area (Å²) in [7, 11) is 0. The summed E-state index contributed by atoms with van der Waals surface area (Å²) in [5.41, 5.74) is 1.58. The predicted octanol–water partition coefficient (Wildman–Crippen LogP) is 4.65. The Bertz CT molecular complexity index is 1050. The molecule has 0 heterocycles. The van der Waals surface area contributed by atoms with Crippen LogP contribution in [0.1, 0.15) is 31.1 Å². The molecule has 3 N–H and O–H groups in total. The molecule has 0 radical (unpaired) electrons. The number of rotatable bonds is 5. The van der Waals surface area contributed by atoms with Crippen LogP contribution < -0.4 is 10.6 Å². The molecular weight excluding hydrogens is 424 g/mol. The van der Waals surface area contributed by atoms with Gasteiger partial charge in [-0.1, -0.05) is 24.3 Å². The Hall–Kier alpha value is -3.45. The molecule has 3 aromatic rings. The number of halogens is 1. The molecule has 6 nitrogen and oxygen atoms in total. The van der Waals surface area contributed by atoms with Gasteiger partial charge in [0.1, 0.15) is 0 Å². The maximum Gasteiger partial charge on any atom is 0.337 e. The smallest absolute Gasteiger partial charge is 0.337 e. The number of hydrogen-bond donors (Lipinski definition) is 3. The zero-order valence-corrected chi connectivity index (χ0v) is 16.1. The summed E-state index contributed by atoms with van der Waals surface area (Å²) in [4.78, 5) is 35.9. The third kappa shape index (κ3) is 4.44. The first-order chi connectivity index (χ1) is 13.5. The number of benzene rings is 3. The van der Waals surface area contributed by atoms with Gasteiger partial charge in [0.15, 0.2) is 0 Å². The molecule has 0 saturated heterocycles. The van der Waals surface area contributed by atoms with Gasteiger partial charge in [-0.05, 0) is 64.5 Å². The Morgan fingerprint density at radius 3 is 1.96 bits per heavy atom. The normalized spacial score (nSPS) is 10.2. The number of anilines is 2. The minimum atomic E-state index is -1.12. The van der Waals surface area contributed by atoms with Gasteiger partial charge in [-0.2, -0.15) is 0 Å². The lowest BCUT2D eigenvalue weighted by Crippen LogP contribution is -2.15. The topological polar surface area (TPSA) is 95.5 Å². The van der Waals surface area contributed by atoms with Crippen LogP contribution in [0.2, 0.25) is 0 Å². The van der Waals surface area contributed by atoms with E-state index in [2.05, 4.69) is 26.6 Å². The number of aromatic carboxylic acids is 1. The SMILES string of the molecule is O=C(Nc1ccccc1C(=O)O)c1ccc(NC(=O)c2ccccc2Br)cc1. The van der Waals surface area contributed by atoms with Gasteiger partial charge in [-0.15, -0.1) is 0 Å². The molecule has 0 saturated carbocycles. The number of carbonyl (C=O) groups excluding carboxylic acids is 2. The fourth-order valence-corrected chi connectivity index (χ4v) is 2.99. The maximum absolute atomic E-state index is 12.4. The number of nitrogens with one attached hydrogen (secondary N) is 2. The van der Waals surface area contributed by atoms with E-state index >= 15 is 0 Å². The van der Waals surface area contributed by atoms with Gasteiger partial charge in [0.25, 0.3) is 11.8 Å². The van der Waals surface area contributed by atoms with Crippen LogP contribution in [0.5, 0.6) is 0 Å². The van der Waals surface area contributed by atoms with Gasteiger partial charge >= 0.3 is 5.97 Å². The molecule has 3 rings (SSSR count). The Kier molecular flexibility index (Phi) is 5.86. The molecule has 0 aliphatic carbocycles. The van der Waals surface area contributed by atoms with Gasteiger partial charge in [0.05, 0.1) is 16.8 Å². The van der Waals surface area contributed by atoms with E-state index in [9.17, 15) is 19.5 Å². The number of carboxylic acids is 1. The van der Waals surface area contributed by atoms with Gasteiger partial charge in [0.2, 0.25) is 0 Å². The second kappa shape index (κ2) is 8.49. The second-order valence-electron chi connectivity index (χ2n) is 5.82. The Morgan fingerprint density at radius 2 is 1.32 bits per heavy atom. The molecule has 0 aliphatic rings. The van der Waals surface area contributed by atoms with Crippen LogP contribution in [-0.2, 0) is 0 Å². The van der Waals surface area contributed by atoms with Gasteiger partial charge in [-0.25, -0.2) is 4.79 Å². The molecule has 0 atom stereocenters. The average molecular weight is 439 g/mol. The molecule has 3 aromatic carbocycles. The molecule has 0 unspecified atom stereocenters. The fourth-order valence-electron chi connectivity index (χ4n) is 2.52. The van der Waals surface area contributed by atoms with Crippen LogP contribution in [-0.4, -0.2) is 22.9 Å². The maximum atomic E-state index is 12.4. The van der Waals surface area contributed by atoms with Crippen LogP contribution in [0.4, 0.5) is 11.4 Å². The summed E-state index contributed by atoms with van der Waals surface area (Å²) in [6, 6.07) is 19.5. The highest BCUT2D eigenvalue weighted by Gasteiger charge is 2.14. The second-order valence-corrected chi connectivity index (χ2v) is 6.67. The minimum Gasteiger partial charge on any atom is -0.478 e. The predicted molar refractivity (Wildman–Crippen MR) is 110 cm³/mol. The van der Waals surface area contributed by atoms with E-state index in [4.69, 9.17) is 0 Å². The van der Waals surface area contributed by atoms with Crippen molar-refractivity contribution in [2.24, 2.45) is 0 Å². The summed E-state index contributed by atoms with van der Waals surface area (Å²) >= 11 is 3.33. The number of carbonyl (C=O) groups is 3. The highest BCUT2D eigenvalue weighted by atomic mass is 79.9. The lowest BCUT2D eigenvalue weighted by Gasteiger charge is -2.10. The fraction of sp³-hybridized carbons (Fsp3) is 0. The van der Waals surface area contributed by atoms with E-state index in [1.807, 2.05) is 6.07 Å². The van der Waals surface area contributed by atoms with Crippen molar-refractivity contribution in [2.75, 3.05) is 10.6 Å². The number of para-hydroxylation sites is 1. The molecule has 0 bridgehead atoms. The molecule has 0 fully saturated rings. The molecule has 140 valence electrons. The van der Waals surface area contributed by atoms with Crippen LogP contribution in [0.3, 0.4) is 0 Å². The van der Waals surface area contributed by atoms with Crippen molar-refractivity contribution in [1.29, 1.82) is 0 Å². The number of hydrogen-bond acceptors (Lipinski definition) is 3. The first kappa shape index (κ1) is 19.3. The van der Waals surface area contributed by atoms with E-state index < -0.39 is 11.9 Å². The lowest BCUT2D eigenvalue weighted by atomic mass is 10.1. The van der Waals surface area contributed by atoms with Crippen LogP contribution in [0.15, 0.2) is 77.3 Å². The van der Waals surface area contributed by atoms with Crippen molar-refractivity contribution >= 4 is 45.1 Å². The first-order valence-corrected chi connectivity index (χ1v) is 9.04. The van der Waals surface area contributed by atoms with E-state index in [0.717, 1.165) is 0 Å². The van der Waals surface area contributed by atoms with Crippen molar-refractivity contribution in [3.8, 4) is 0 Å². The van der Waals surface area contributed by atoms with E-state index in [-0.39, 0.29) is 17.2 Å². The number of carboxylic acid groups (broad SMARTS) is 1. The van der Waals surface area contributed by atoms with E-state index in [0.29, 0.717) is 21.3 Å². The largest absolute Gasteiger partial charge is 0.478 e. The zero-order chi connectivity index (χ0) is 20.1. The zero-order valence-electron chi connectivity index (χ0n) is 14.5. The van der Waals surface area contributed by atoms with Crippen molar-refractivity contribution in [3.63, 3.8) is 0 Å². The molecule has 28 heavy (non-hydrogen) atoms. The molecule has 2 amide bonds. The van der Waals surface area contributed by atoms with Crippen molar-refractivity contribution < 1.29 is 19.5 Å². The Labute approximate surface area is 169 Å². The number of amides is 2. The summed E-state index contributed by atoms with van der Waals surface area (Å²) in [5, 5.41) is 14.5. The van der Waals surface area contributed by atoms with Crippen LogP contribution >= 0.6 is 15.9 Å². The molecule has 0 aliphatic heterocycles. The van der Waals surface area contributed by atoms with Crippen molar-refractivity contribution in [1.82, 2.24) is 0 Å². The van der Waals surface area contributed by atoms with Crippen LogP contribution in [0.25, 0.3) is 0 Å². The van der Waals surface area contributed by atoms with E-state index in [1.54, 1.807) is 54.6 Å². The average Bonchev–Trinajstić information content (AvgIpc) is 2.69. The monoisotopic (exact) mass is 438 g/mol. The molecular formula is C21H15BrN2O4. The standard InChI is InChI=1S/C21H15BrN2O4/c22-17-7-3-1-5-15(17)20(26)23-14-11-9-13(10-12-14)19(25)24-18-8-4-2-6-16(18)21(27)28/h1-12H,(H,23,26)(H,24,25)(H,27,28). The Morgan fingerprint density at radius 1 is 0.714 bits per heavy atom. The summed E-state index contributed by atoms with van der Waals surface area (Å²) in [5.74, 6) is -1.85. The lowest BCUT2D eigenvalue weighted by molar-refractivity contribution is 0.0697. The third-order valence-electron chi connectivity index (χ3n) is 3.93. The van der Waals surface area contributed by atoms with Crippen molar-refractivity contribution in [2.45, 2.75) is 0 Å². The highest BCUT2D eigenvalue weighted by molar-refractivity contribution is 9.10. The Balaban J connectivity index is 1.71. The summed E-state index contributed by atoms with van der Waals surface area (Å²) in [6.45, 7) is 0. The van der Waals surface area contributed by atoms with Gasteiger partial charge < -0.3 is 15.7 Å². The quantitative estimate of drug-likeness (QED) is 0.539. The third-order valence-corrected chi connectivity index (χ3v) is 4.62. The molecule has 0 aromatic heterocycles. The highest BCUT2D eigenvalue weighted by Crippen LogP contribution is 2.19. The van der Waals surface area contributed by atoms with Gasteiger partial charge in [0, 0.05) is 15.7 Å². The summed E-state index contributed by atoms with van der Waals surface area (Å²) in [6.07, 6.45) is 0. The van der Waals surface area contributed by atoms with E-state index in [1.165, 1.54) is 12.1 Å².